The van der Waals surface area contributed by atoms with Crippen LogP contribution in [-0.4, -0.2) is 91.8 Å². The Morgan fingerprint density at radius 2 is 1.35 bits per heavy atom. The molecule has 2 fully saturated rings. The highest BCUT2D eigenvalue weighted by molar-refractivity contribution is 7.56. The SMILES string of the molecule is COc1ccc(C(OC[C@H]2O[C@@H](n3cc(C)c(=O)[nH]c3=O)C[C@@H]2NP(C)(=O)OC[C@H]2O[C@@H](n3ccc(NC(=O)c4ccccc4)nc3=O)C[C@@H]2O[Si](C)(C)C(C)(C)C)(c2ccccc2)c2ccc(OC)cc2)cc1. The van der Waals surface area contributed by atoms with Gasteiger partial charge in [-0.15, -0.1) is 0 Å². The van der Waals surface area contributed by atoms with Crippen molar-refractivity contribution in [1.82, 2.24) is 24.2 Å². The molecule has 1 amide bonds. The highest BCUT2D eigenvalue weighted by atomic mass is 31.2. The number of hydrogen-bond acceptors (Lipinski definition) is 13. The van der Waals surface area contributed by atoms with Gasteiger partial charge in [-0.05, 0) is 84.2 Å². The number of H-pyrrole nitrogens is 1. The first kappa shape index (κ1) is 54.0. The molecule has 7 atom stereocenters. The van der Waals surface area contributed by atoms with Crippen molar-refractivity contribution < 1.29 is 42.0 Å². The summed E-state index contributed by atoms with van der Waals surface area (Å²) in [4.78, 5) is 58.8. The molecule has 20 heteroatoms. The molecular weight excluding hydrogens is 984 g/mol. The molecule has 3 N–H and O–H groups in total. The van der Waals surface area contributed by atoms with Crippen LogP contribution in [0.25, 0.3) is 0 Å². The van der Waals surface area contributed by atoms with Crippen LogP contribution in [0.1, 0.15) is 78.7 Å². The Balaban J connectivity index is 1.07. The number of hydrogen-bond donors (Lipinski definition) is 3. The third kappa shape index (κ3) is 12.0. The molecular formula is C54H65N6O12PSi. The highest BCUT2D eigenvalue weighted by Gasteiger charge is 2.47. The number of aromatic nitrogens is 4. The smallest absolute Gasteiger partial charge is 0.351 e. The van der Waals surface area contributed by atoms with Crippen LogP contribution >= 0.6 is 7.52 Å². The number of ether oxygens (including phenoxy) is 5. The summed E-state index contributed by atoms with van der Waals surface area (Å²) in [7, 11) is -3.05. The van der Waals surface area contributed by atoms with Crippen LogP contribution in [0.5, 0.6) is 11.5 Å². The van der Waals surface area contributed by atoms with Gasteiger partial charge < -0.3 is 38.0 Å². The minimum atomic E-state index is -3.80. The number of benzene rings is 4. The predicted molar refractivity (Wildman–Crippen MR) is 283 cm³/mol. The lowest BCUT2D eigenvalue weighted by atomic mass is 9.80. The Morgan fingerprint density at radius 3 is 1.93 bits per heavy atom. The number of anilines is 1. The standard InChI is InChI=1S/C54H65N6O12PSi/c1-35-32-60(52(64)57-49(35)61)47-30-42(44(70-47)33-68-54(37-18-14-11-15-19-37,38-20-24-40(66-5)25-21-38)39-22-26-41(67-6)27-23-39)58-73(7,65)69-34-45-43(72-74(8,9)53(2,3)4)31-48(71-45)59-29-28-46(56-51(59)63)55-50(62)36-16-12-10-13-17-36/h10-29,32,42-45,47-48H,30-31,33-34H2,1-9H3,(H,58,65)(H,57,61,64)(H,55,56,62,63)/t42-,43-,44+,45+,47+,48+,73?/m0/s1. The van der Waals surface area contributed by atoms with Gasteiger partial charge in [0.25, 0.3) is 19.0 Å². The number of methoxy groups -OCH3 is 2. The van der Waals surface area contributed by atoms with E-state index in [-0.39, 0.29) is 36.9 Å². The third-order valence-electron chi connectivity index (χ3n) is 14.1. The normalized spacial score (nSPS) is 21.0. The van der Waals surface area contributed by atoms with Gasteiger partial charge in [-0.1, -0.05) is 93.6 Å². The zero-order valence-corrected chi connectivity index (χ0v) is 45.0. The summed E-state index contributed by atoms with van der Waals surface area (Å²) >= 11 is 0. The number of carbonyl (C=O) groups is 1. The third-order valence-corrected chi connectivity index (χ3v) is 20.0. The van der Waals surface area contributed by atoms with Gasteiger partial charge in [0.05, 0.1) is 39.6 Å². The molecule has 4 aromatic carbocycles. The molecule has 18 nitrogen and oxygen atoms in total. The fourth-order valence-corrected chi connectivity index (χ4v) is 11.7. The van der Waals surface area contributed by atoms with E-state index in [2.05, 4.69) is 54.2 Å². The van der Waals surface area contributed by atoms with E-state index >= 15 is 0 Å². The van der Waals surface area contributed by atoms with E-state index in [1.807, 2.05) is 78.9 Å². The summed E-state index contributed by atoms with van der Waals surface area (Å²) < 4.78 is 62.4. The highest BCUT2D eigenvalue weighted by Crippen LogP contribution is 2.47. The molecule has 1 unspecified atom stereocenters. The Hall–Kier alpha value is -6.28. The average molecular weight is 1050 g/mol. The quantitative estimate of drug-likeness (QED) is 0.0397. The van der Waals surface area contributed by atoms with E-state index in [1.54, 1.807) is 51.5 Å². The van der Waals surface area contributed by atoms with Crippen molar-refractivity contribution in [2.45, 2.75) is 101 Å². The lowest BCUT2D eigenvalue weighted by Gasteiger charge is -2.39. The zero-order valence-electron chi connectivity index (χ0n) is 43.1. The molecule has 392 valence electrons. The average Bonchev–Trinajstić information content (AvgIpc) is 3.97. The van der Waals surface area contributed by atoms with Crippen molar-refractivity contribution in [1.29, 1.82) is 0 Å². The second-order valence-corrected chi connectivity index (χ2v) is 27.1. The second-order valence-electron chi connectivity index (χ2n) is 20.1. The van der Waals surface area contributed by atoms with Gasteiger partial charge in [0.2, 0.25) is 0 Å². The lowest BCUT2D eigenvalue weighted by molar-refractivity contribution is -0.0806. The minimum Gasteiger partial charge on any atom is -0.497 e. The van der Waals surface area contributed by atoms with Crippen molar-refractivity contribution in [3.8, 4) is 11.5 Å². The minimum absolute atomic E-state index is 0.0830. The van der Waals surface area contributed by atoms with Gasteiger partial charge in [-0.3, -0.25) is 28.3 Å². The monoisotopic (exact) mass is 1050 g/mol. The first-order valence-electron chi connectivity index (χ1n) is 24.4. The second kappa shape index (κ2) is 22.3. The van der Waals surface area contributed by atoms with Crippen LogP contribution in [0.4, 0.5) is 5.82 Å². The molecule has 6 aromatic rings. The van der Waals surface area contributed by atoms with Crippen molar-refractivity contribution in [3.63, 3.8) is 0 Å². The van der Waals surface area contributed by atoms with E-state index in [1.165, 1.54) is 34.3 Å². The number of carbonyl (C=O) groups excluding carboxylic acids is 1. The van der Waals surface area contributed by atoms with Crippen LogP contribution < -0.4 is 36.8 Å². The number of aryl methyl sites for hydroxylation is 1. The molecule has 2 aliphatic rings. The molecule has 0 saturated carbocycles. The zero-order chi connectivity index (χ0) is 53.0. The van der Waals surface area contributed by atoms with Crippen LogP contribution in [0.2, 0.25) is 18.1 Å². The Morgan fingerprint density at radius 1 is 0.784 bits per heavy atom. The van der Waals surface area contributed by atoms with Crippen LogP contribution in [0, 0.1) is 6.92 Å². The van der Waals surface area contributed by atoms with E-state index in [4.69, 9.17) is 32.6 Å². The van der Waals surface area contributed by atoms with E-state index in [9.17, 15) is 23.7 Å². The van der Waals surface area contributed by atoms with Gasteiger partial charge in [0.1, 0.15) is 41.5 Å². The largest absolute Gasteiger partial charge is 0.497 e. The van der Waals surface area contributed by atoms with Gasteiger partial charge in [-0.25, -0.2) is 14.7 Å². The van der Waals surface area contributed by atoms with E-state index < -0.39 is 81.1 Å². The van der Waals surface area contributed by atoms with Crippen molar-refractivity contribution in [2.75, 3.05) is 39.4 Å². The molecule has 0 radical (unpaired) electrons. The fourth-order valence-electron chi connectivity index (χ4n) is 9.01. The Labute approximate surface area is 431 Å². The Kier molecular flexibility index (Phi) is 16.3. The van der Waals surface area contributed by atoms with Crippen molar-refractivity contribution in [3.05, 3.63) is 187 Å². The summed E-state index contributed by atoms with van der Waals surface area (Å²) in [6, 6.07) is 34.3. The number of rotatable bonds is 19. The van der Waals surface area contributed by atoms with Crippen LogP contribution in [0.15, 0.2) is 142 Å². The maximum Gasteiger partial charge on any atom is 0.351 e. The predicted octanol–water partition coefficient (Wildman–Crippen LogP) is 8.14. The summed E-state index contributed by atoms with van der Waals surface area (Å²) in [5, 5.41) is 5.75. The van der Waals surface area contributed by atoms with E-state index in [0.717, 1.165) is 16.7 Å². The summed E-state index contributed by atoms with van der Waals surface area (Å²) in [6.07, 6.45) is -0.581. The number of aromatic amines is 1. The molecule has 0 bridgehead atoms. The molecule has 8 rings (SSSR count). The fraction of sp³-hybridized carbons (Fsp3) is 0.389. The summed E-state index contributed by atoms with van der Waals surface area (Å²) in [6.45, 7) is 13.4. The summed E-state index contributed by atoms with van der Waals surface area (Å²) in [5.41, 5.74) is -0.000680. The molecule has 4 heterocycles. The maximum atomic E-state index is 14.9. The first-order valence-corrected chi connectivity index (χ1v) is 29.4. The van der Waals surface area contributed by atoms with Crippen LogP contribution in [-0.2, 0) is 33.3 Å². The van der Waals surface area contributed by atoms with Gasteiger partial charge >= 0.3 is 11.4 Å². The van der Waals surface area contributed by atoms with E-state index in [0.29, 0.717) is 22.6 Å². The molecule has 2 aromatic heterocycles. The maximum absolute atomic E-state index is 14.9. The number of amides is 1. The molecule has 2 saturated heterocycles. The summed E-state index contributed by atoms with van der Waals surface area (Å²) in [5.74, 6) is 0.977. The topological polar surface area (TPSA) is 213 Å². The van der Waals surface area contributed by atoms with Crippen molar-refractivity contribution in [2.24, 2.45) is 0 Å². The Bertz CT molecular complexity index is 3080. The first-order chi connectivity index (χ1) is 35.2. The molecule has 0 spiro atoms. The van der Waals surface area contributed by atoms with Gasteiger partial charge in [0.15, 0.2) is 8.32 Å². The van der Waals surface area contributed by atoms with Gasteiger partial charge in [0, 0.05) is 49.1 Å². The number of nitrogens with zero attached hydrogens (tertiary/aromatic N) is 3. The lowest BCUT2D eigenvalue weighted by Crippen LogP contribution is -2.46. The molecule has 74 heavy (non-hydrogen) atoms. The van der Waals surface area contributed by atoms with Gasteiger partial charge in [-0.2, -0.15) is 4.98 Å². The van der Waals surface area contributed by atoms with Crippen molar-refractivity contribution >= 4 is 27.6 Å². The molecule has 0 aliphatic carbocycles. The van der Waals surface area contributed by atoms with Crippen LogP contribution in [0.3, 0.4) is 0 Å². The molecule has 2 aliphatic heterocycles. The number of nitrogens with one attached hydrogen (secondary N) is 3.